The fourth-order valence-electron chi connectivity index (χ4n) is 2.25. The lowest BCUT2D eigenvalue weighted by Gasteiger charge is -2.25. The first-order valence-electron chi connectivity index (χ1n) is 7.63. The molecule has 0 spiro atoms. The number of hydrogen-bond donors (Lipinski definition) is 0. The first-order valence-corrected chi connectivity index (χ1v) is 7.63. The Morgan fingerprint density at radius 1 is 0.955 bits per heavy atom. The van der Waals surface area contributed by atoms with Crippen molar-refractivity contribution in [2.24, 2.45) is 4.99 Å². The van der Waals surface area contributed by atoms with Crippen molar-refractivity contribution < 1.29 is 0 Å². The molecule has 3 heteroatoms. The lowest BCUT2D eigenvalue weighted by atomic mass is 9.81. The van der Waals surface area contributed by atoms with Crippen LogP contribution in [-0.4, -0.2) is 16.2 Å². The number of nitrogens with zero attached hydrogens (tertiary/aromatic N) is 3. The molecule has 0 aliphatic rings. The Morgan fingerprint density at radius 2 is 1.68 bits per heavy atom. The predicted molar refractivity (Wildman–Crippen MR) is 93.1 cm³/mol. The maximum absolute atomic E-state index is 4.69. The molecule has 0 saturated carbocycles. The summed E-state index contributed by atoms with van der Waals surface area (Å²) in [5.41, 5.74) is 4.44. The zero-order chi connectivity index (χ0) is 16.4. The van der Waals surface area contributed by atoms with Gasteiger partial charge in [0.1, 0.15) is 0 Å². The molecule has 0 N–H and O–H groups in total. The molecule has 1 heterocycles. The monoisotopic (exact) mass is 295 g/mol. The SMILES string of the molecule is CC(C)(C)c1ccc(C(C)(C)C)c(N=Cc2cnccn2)c1. The molecule has 0 unspecified atom stereocenters. The fraction of sp³-hybridized carbons (Fsp3) is 0.421. The smallest absolute Gasteiger partial charge is 0.0995 e. The molecule has 0 bridgehead atoms. The zero-order valence-corrected chi connectivity index (χ0v) is 14.4. The zero-order valence-electron chi connectivity index (χ0n) is 14.4. The van der Waals surface area contributed by atoms with Crippen LogP contribution in [0.2, 0.25) is 0 Å². The van der Waals surface area contributed by atoms with Gasteiger partial charge in [-0.05, 0) is 28.0 Å². The van der Waals surface area contributed by atoms with Crippen molar-refractivity contribution in [3.05, 3.63) is 53.6 Å². The van der Waals surface area contributed by atoms with Crippen LogP contribution in [0.3, 0.4) is 0 Å². The van der Waals surface area contributed by atoms with E-state index < -0.39 is 0 Å². The lowest BCUT2D eigenvalue weighted by Crippen LogP contribution is -2.15. The van der Waals surface area contributed by atoms with Gasteiger partial charge in [-0.25, -0.2) is 0 Å². The van der Waals surface area contributed by atoms with Gasteiger partial charge >= 0.3 is 0 Å². The average Bonchev–Trinajstić information content (AvgIpc) is 2.44. The Bertz CT molecular complexity index is 659. The summed E-state index contributed by atoms with van der Waals surface area (Å²) in [5.74, 6) is 0. The van der Waals surface area contributed by atoms with Crippen LogP contribution in [-0.2, 0) is 10.8 Å². The molecule has 0 saturated heterocycles. The minimum absolute atomic E-state index is 0.0471. The van der Waals surface area contributed by atoms with Crippen molar-refractivity contribution in [2.75, 3.05) is 0 Å². The second kappa shape index (κ2) is 5.99. The third-order valence-corrected chi connectivity index (χ3v) is 3.59. The third kappa shape index (κ3) is 4.00. The molecule has 0 aliphatic heterocycles. The van der Waals surface area contributed by atoms with Crippen LogP contribution in [0.4, 0.5) is 5.69 Å². The van der Waals surface area contributed by atoms with Gasteiger partial charge in [0.15, 0.2) is 0 Å². The van der Waals surface area contributed by atoms with Gasteiger partial charge in [0.25, 0.3) is 0 Å². The first kappa shape index (κ1) is 16.3. The first-order chi connectivity index (χ1) is 10.2. The predicted octanol–water partition coefficient (Wildman–Crippen LogP) is 4.82. The summed E-state index contributed by atoms with van der Waals surface area (Å²) in [7, 11) is 0. The van der Waals surface area contributed by atoms with E-state index in [1.54, 1.807) is 24.8 Å². The van der Waals surface area contributed by atoms with Gasteiger partial charge in [0.2, 0.25) is 0 Å². The van der Waals surface area contributed by atoms with Gasteiger partial charge in [0.05, 0.1) is 23.8 Å². The normalized spacial score (nSPS) is 12.8. The molecule has 116 valence electrons. The van der Waals surface area contributed by atoms with E-state index in [9.17, 15) is 0 Å². The molecule has 0 fully saturated rings. The van der Waals surface area contributed by atoms with Crippen LogP contribution in [0.15, 0.2) is 41.8 Å². The molecule has 0 aliphatic carbocycles. The molecule has 1 aromatic heterocycles. The number of aromatic nitrogens is 2. The number of hydrogen-bond acceptors (Lipinski definition) is 3. The summed E-state index contributed by atoms with van der Waals surface area (Å²) in [6.07, 6.45) is 6.84. The van der Waals surface area contributed by atoms with Crippen molar-refractivity contribution in [1.29, 1.82) is 0 Å². The molecule has 0 atom stereocenters. The summed E-state index contributed by atoms with van der Waals surface area (Å²) in [6, 6.07) is 6.60. The van der Waals surface area contributed by atoms with E-state index in [4.69, 9.17) is 0 Å². The average molecular weight is 295 g/mol. The van der Waals surface area contributed by atoms with Gasteiger partial charge in [-0.2, -0.15) is 0 Å². The van der Waals surface area contributed by atoms with Gasteiger partial charge in [-0.15, -0.1) is 0 Å². The Kier molecular flexibility index (Phi) is 4.45. The Labute approximate surface area is 133 Å². The summed E-state index contributed by atoms with van der Waals surface area (Å²) in [5, 5.41) is 0. The maximum atomic E-state index is 4.69. The van der Waals surface area contributed by atoms with E-state index >= 15 is 0 Å². The van der Waals surface area contributed by atoms with E-state index in [0.717, 1.165) is 11.4 Å². The summed E-state index contributed by atoms with van der Waals surface area (Å²) < 4.78 is 0. The molecule has 0 radical (unpaired) electrons. The van der Waals surface area contributed by atoms with Crippen LogP contribution >= 0.6 is 0 Å². The number of rotatable bonds is 2. The van der Waals surface area contributed by atoms with E-state index in [0.29, 0.717) is 0 Å². The van der Waals surface area contributed by atoms with E-state index in [1.807, 2.05) is 0 Å². The van der Waals surface area contributed by atoms with Crippen molar-refractivity contribution in [2.45, 2.75) is 52.4 Å². The van der Waals surface area contributed by atoms with Gasteiger partial charge in [-0.3, -0.25) is 15.0 Å². The van der Waals surface area contributed by atoms with E-state index in [-0.39, 0.29) is 10.8 Å². The largest absolute Gasteiger partial charge is 0.261 e. The minimum atomic E-state index is 0.0471. The van der Waals surface area contributed by atoms with E-state index in [2.05, 4.69) is 74.7 Å². The van der Waals surface area contributed by atoms with Crippen LogP contribution in [0.25, 0.3) is 0 Å². The van der Waals surface area contributed by atoms with Crippen LogP contribution in [0.1, 0.15) is 58.4 Å². The number of aliphatic imine (C=N–C) groups is 1. The van der Waals surface area contributed by atoms with Crippen LogP contribution < -0.4 is 0 Å². The molecule has 1 aromatic carbocycles. The molecular formula is C19H25N3. The minimum Gasteiger partial charge on any atom is -0.261 e. The number of benzene rings is 1. The highest BCUT2D eigenvalue weighted by Gasteiger charge is 2.21. The molecule has 2 aromatic rings. The quantitative estimate of drug-likeness (QED) is 0.745. The van der Waals surface area contributed by atoms with Crippen LogP contribution in [0, 0.1) is 0 Å². The molecule has 22 heavy (non-hydrogen) atoms. The molecule has 0 amide bonds. The lowest BCUT2D eigenvalue weighted by molar-refractivity contribution is 0.578. The summed E-state index contributed by atoms with van der Waals surface area (Å²) in [4.78, 5) is 13.0. The Hall–Kier alpha value is -2.03. The van der Waals surface area contributed by atoms with Gasteiger partial charge < -0.3 is 0 Å². The van der Waals surface area contributed by atoms with Crippen molar-refractivity contribution in [3.8, 4) is 0 Å². The molecule has 2 rings (SSSR count). The molecule has 3 nitrogen and oxygen atoms in total. The topological polar surface area (TPSA) is 38.1 Å². The van der Waals surface area contributed by atoms with Gasteiger partial charge in [0, 0.05) is 12.4 Å². The highest BCUT2D eigenvalue weighted by molar-refractivity contribution is 5.79. The standard InChI is InChI=1S/C19H25N3/c1-18(2,3)14-7-8-16(19(4,5)6)17(11-14)22-13-15-12-20-9-10-21-15/h7-13H,1-6H3. The molecular weight excluding hydrogens is 270 g/mol. The fourth-order valence-corrected chi connectivity index (χ4v) is 2.25. The van der Waals surface area contributed by atoms with Gasteiger partial charge in [-0.1, -0.05) is 53.7 Å². The third-order valence-electron chi connectivity index (χ3n) is 3.59. The van der Waals surface area contributed by atoms with Crippen molar-refractivity contribution in [1.82, 2.24) is 9.97 Å². The van der Waals surface area contributed by atoms with Crippen LogP contribution in [0.5, 0.6) is 0 Å². The maximum Gasteiger partial charge on any atom is 0.0995 e. The van der Waals surface area contributed by atoms with Crippen molar-refractivity contribution in [3.63, 3.8) is 0 Å². The van der Waals surface area contributed by atoms with E-state index in [1.165, 1.54) is 11.1 Å². The summed E-state index contributed by atoms with van der Waals surface area (Å²) >= 11 is 0. The van der Waals surface area contributed by atoms with Crippen molar-refractivity contribution >= 4 is 11.9 Å². The Balaban J connectivity index is 2.48. The second-order valence-electron chi connectivity index (χ2n) is 7.62. The second-order valence-corrected chi connectivity index (χ2v) is 7.62. The highest BCUT2D eigenvalue weighted by atomic mass is 14.8. The summed E-state index contributed by atoms with van der Waals surface area (Å²) in [6.45, 7) is 13.3. The Morgan fingerprint density at radius 3 is 2.23 bits per heavy atom. The highest BCUT2D eigenvalue weighted by Crippen LogP contribution is 2.35.